The maximum atomic E-state index is 11.0. The second-order valence-corrected chi connectivity index (χ2v) is 8.22. The van der Waals surface area contributed by atoms with Crippen molar-refractivity contribution in [3.63, 3.8) is 0 Å². The van der Waals surface area contributed by atoms with Crippen LogP contribution in [0.3, 0.4) is 0 Å². The van der Waals surface area contributed by atoms with Crippen LogP contribution in [0.5, 0.6) is 5.75 Å². The van der Waals surface area contributed by atoms with Crippen LogP contribution in [0.2, 0.25) is 0 Å². The minimum Gasteiger partial charge on any atom is -0.393 e. The molecule has 0 saturated heterocycles. The van der Waals surface area contributed by atoms with Gasteiger partial charge >= 0.3 is 10.4 Å². The molecule has 4 rings (SSSR count). The molecule has 0 bridgehead atoms. The fourth-order valence-corrected chi connectivity index (χ4v) is 5.02. The molecular formula is C18H24O5S. The van der Waals surface area contributed by atoms with Gasteiger partial charge in [0.2, 0.25) is 0 Å². The Morgan fingerprint density at radius 3 is 2.92 bits per heavy atom. The van der Waals surface area contributed by atoms with E-state index < -0.39 is 46.5 Å². The molecule has 1 aromatic rings. The molecule has 0 amide bonds. The highest BCUT2D eigenvalue weighted by molar-refractivity contribution is 7.81. The van der Waals surface area contributed by atoms with Crippen LogP contribution < -0.4 is 4.18 Å². The summed E-state index contributed by atoms with van der Waals surface area (Å²) in [6, 6.07) is 3.70. The lowest BCUT2D eigenvalue weighted by atomic mass is 9.55. The highest BCUT2D eigenvalue weighted by atomic mass is 32.3. The Morgan fingerprint density at radius 1 is 1.38 bits per heavy atom. The second kappa shape index (κ2) is 5.44. The van der Waals surface area contributed by atoms with E-state index in [-0.39, 0.29) is 23.7 Å². The van der Waals surface area contributed by atoms with Gasteiger partial charge in [-0.15, -0.1) is 0 Å². The van der Waals surface area contributed by atoms with E-state index in [9.17, 15) is 14.9 Å². The lowest BCUT2D eigenvalue weighted by Crippen LogP contribution is -2.43. The fourth-order valence-electron chi connectivity index (χ4n) is 4.67. The summed E-state index contributed by atoms with van der Waals surface area (Å²) in [6.45, 7) is 1.90. The number of hydrogen-bond donors (Lipinski definition) is 2. The Hall–Kier alpha value is -1.11. The molecule has 3 aliphatic carbocycles. The van der Waals surface area contributed by atoms with Gasteiger partial charge in [-0.25, -0.2) is 0 Å². The normalized spacial score (nSPS) is 48.5. The number of fused-ring (bicyclic) bond motifs is 5. The number of aliphatic hydroxyl groups is 1. The maximum Gasteiger partial charge on any atom is 0.446 e. The summed E-state index contributed by atoms with van der Waals surface area (Å²) in [7, 11) is -4.83. The summed E-state index contributed by atoms with van der Waals surface area (Å²) in [6.07, 6.45) is -3.77. The molecule has 5 atom stereocenters. The summed E-state index contributed by atoms with van der Waals surface area (Å²) in [4.78, 5) is 0. The number of hydrogen-bond acceptors (Lipinski definition) is 4. The van der Waals surface area contributed by atoms with Crippen molar-refractivity contribution in [2.75, 3.05) is 0 Å². The van der Waals surface area contributed by atoms with E-state index in [1.54, 1.807) is 0 Å². The molecule has 0 unspecified atom stereocenters. The van der Waals surface area contributed by atoms with Crippen LogP contribution in [-0.4, -0.2) is 24.2 Å². The third-order valence-corrected chi connectivity index (χ3v) is 6.37. The SMILES string of the molecule is [2H]C1([2H])c2cc(OS(=O)(=O)O)ccc2[C@@]2([2H])CC[C@]3(C)[C@@H](O)CC[C@H]3[C@@H]2C1([2H])[2H]. The van der Waals surface area contributed by atoms with Gasteiger partial charge in [-0.05, 0) is 84.8 Å². The van der Waals surface area contributed by atoms with Crippen molar-refractivity contribution >= 4 is 10.4 Å². The van der Waals surface area contributed by atoms with Gasteiger partial charge < -0.3 is 9.29 Å². The fraction of sp³-hybridized carbons (Fsp3) is 0.667. The topological polar surface area (TPSA) is 83.8 Å². The van der Waals surface area contributed by atoms with Crippen molar-refractivity contribution in [1.82, 2.24) is 0 Å². The van der Waals surface area contributed by atoms with Crippen LogP contribution in [0, 0.1) is 17.3 Å². The lowest BCUT2D eigenvalue weighted by Gasteiger charge is -2.50. The van der Waals surface area contributed by atoms with Gasteiger partial charge in [-0.3, -0.25) is 4.55 Å². The molecule has 3 aliphatic rings. The van der Waals surface area contributed by atoms with Crippen molar-refractivity contribution < 1.29 is 29.1 Å². The van der Waals surface area contributed by atoms with E-state index >= 15 is 0 Å². The van der Waals surface area contributed by atoms with Gasteiger partial charge in [-0.1, -0.05) is 13.0 Å². The first-order valence-electron chi connectivity index (χ1n) is 10.6. The van der Waals surface area contributed by atoms with E-state index in [0.29, 0.717) is 24.8 Å². The average molecular weight is 357 g/mol. The Kier molecular flexibility index (Phi) is 2.61. The molecule has 0 heterocycles. The largest absolute Gasteiger partial charge is 0.446 e. The molecule has 2 N–H and O–H groups in total. The third-order valence-electron chi connectivity index (χ3n) is 5.97. The molecule has 2 saturated carbocycles. The first kappa shape index (κ1) is 11.5. The van der Waals surface area contributed by atoms with Gasteiger partial charge in [0.15, 0.2) is 0 Å². The summed E-state index contributed by atoms with van der Waals surface area (Å²) >= 11 is 0. The van der Waals surface area contributed by atoms with Crippen LogP contribution in [0.15, 0.2) is 18.2 Å². The standard InChI is InChI=1S/C18H24O5S/c1-18-9-8-14-13-5-3-12(23-24(20,21)22)10-11(13)2-4-15(14)16(18)6-7-17(18)19/h3,5,10,14-17,19H,2,4,6-9H2,1H3,(H,20,21,22)/t14-,15-,16+,17+,18+/m1/s1/i2D2,4D2,14D. The number of rotatable bonds is 2. The highest BCUT2D eigenvalue weighted by Crippen LogP contribution is 2.60. The molecule has 2 fully saturated rings. The molecule has 6 heteroatoms. The molecule has 24 heavy (non-hydrogen) atoms. The van der Waals surface area contributed by atoms with Crippen LogP contribution >= 0.6 is 0 Å². The van der Waals surface area contributed by atoms with Crippen molar-refractivity contribution in [3.05, 3.63) is 29.3 Å². The smallest absolute Gasteiger partial charge is 0.393 e. The zero-order chi connectivity index (χ0) is 21.6. The van der Waals surface area contributed by atoms with Crippen LogP contribution in [0.4, 0.5) is 0 Å². The number of benzene rings is 1. The number of aliphatic hydroxyl groups excluding tert-OH is 1. The second-order valence-electron chi connectivity index (χ2n) is 7.20. The molecule has 132 valence electrons. The third kappa shape index (κ3) is 2.55. The van der Waals surface area contributed by atoms with Gasteiger partial charge in [0.25, 0.3) is 0 Å². The Labute approximate surface area is 150 Å². The quantitative estimate of drug-likeness (QED) is 0.795. The summed E-state index contributed by atoms with van der Waals surface area (Å²) in [5, 5.41) is 10.5. The summed E-state index contributed by atoms with van der Waals surface area (Å²) < 4.78 is 79.4. The minimum atomic E-state index is -4.83. The molecule has 0 spiro atoms. The van der Waals surface area contributed by atoms with Crippen molar-refractivity contribution in [2.45, 2.75) is 57.4 Å². The average Bonchev–Trinajstić information content (AvgIpc) is 2.87. The Bertz CT molecular complexity index is 967. The molecule has 0 radical (unpaired) electrons. The first-order valence-corrected chi connectivity index (χ1v) is 9.51. The van der Waals surface area contributed by atoms with Crippen molar-refractivity contribution in [1.29, 1.82) is 0 Å². The maximum absolute atomic E-state index is 11.0. The van der Waals surface area contributed by atoms with Gasteiger partial charge in [0, 0.05) is 6.85 Å². The lowest BCUT2D eigenvalue weighted by molar-refractivity contribution is -0.0226. The van der Waals surface area contributed by atoms with Gasteiger partial charge in [0.1, 0.15) is 5.75 Å². The Balaban J connectivity index is 1.91. The number of aryl methyl sites for hydroxylation is 1. The molecular weight excluding hydrogens is 328 g/mol. The molecule has 5 nitrogen and oxygen atoms in total. The molecule has 1 aromatic carbocycles. The van der Waals surface area contributed by atoms with Crippen molar-refractivity contribution in [2.24, 2.45) is 17.3 Å². The molecule has 0 aromatic heterocycles. The zero-order valence-electron chi connectivity index (χ0n) is 18.3. The monoisotopic (exact) mass is 357 g/mol. The van der Waals surface area contributed by atoms with E-state index in [4.69, 9.17) is 10.0 Å². The van der Waals surface area contributed by atoms with E-state index in [2.05, 4.69) is 4.18 Å². The zero-order valence-corrected chi connectivity index (χ0v) is 14.1. The van der Waals surface area contributed by atoms with E-state index in [0.717, 1.165) is 6.07 Å². The van der Waals surface area contributed by atoms with E-state index in [1.807, 2.05) is 6.92 Å². The minimum absolute atomic E-state index is 0.142. The van der Waals surface area contributed by atoms with Crippen LogP contribution in [0.1, 0.15) is 62.9 Å². The van der Waals surface area contributed by atoms with Gasteiger partial charge in [0.05, 0.1) is 6.10 Å². The summed E-state index contributed by atoms with van der Waals surface area (Å²) in [5.41, 5.74) is -0.407. The predicted molar refractivity (Wildman–Crippen MR) is 89.2 cm³/mol. The summed E-state index contributed by atoms with van der Waals surface area (Å²) in [5.74, 6) is -3.09. The van der Waals surface area contributed by atoms with Gasteiger partial charge in [-0.2, -0.15) is 8.42 Å². The highest BCUT2D eigenvalue weighted by Gasteiger charge is 2.54. The Morgan fingerprint density at radius 2 is 2.17 bits per heavy atom. The molecule has 0 aliphatic heterocycles. The van der Waals surface area contributed by atoms with E-state index in [1.165, 1.54) is 12.1 Å². The predicted octanol–water partition coefficient (Wildman–Crippen LogP) is 3.09. The van der Waals surface area contributed by atoms with Crippen molar-refractivity contribution in [3.8, 4) is 5.75 Å². The first-order chi connectivity index (χ1) is 13.1. The van der Waals surface area contributed by atoms with Crippen LogP contribution in [-0.2, 0) is 16.8 Å². The van der Waals surface area contributed by atoms with Crippen LogP contribution in [0.25, 0.3) is 0 Å².